The third kappa shape index (κ3) is 4.30. The zero-order valence-corrected chi connectivity index (χ0v) is 15.2. The minimum absolute atomic E-state index is 0.552. The summed E-state index contributed by atoms with van der Waals surface area (Å²) in [6, 6.07) is 18.1. The fourth-order valence-electron chi connectivity index (χ4n) is 2.83. The number of rotatable bonds is 6. The van der Waals surface area contributed by atoms with Gasteiger partial charge in [0.25, 0.3) is 0 Å². The van der Waals surface area contributed by atoms with Crippen LogP contribution in [0.4, 0.5) is 0 Å². The molecule has 0 amide bonds. The SMILES string of the molecule is CCNC(=NCc1ccccc1OC)NCc1ccnc2ccccc12. The summed E-state index contributed by atoms with van der Waals surface area (Å²) >= 11 is 0. The van der Waals surface area contributed by atoms with Crippen molar-refractivity contribution in [3.8, 4) is 5.75 Å². The Morgan fingerprint density at radius 1 is 1.00 bits per heavy atom. The maximum atomic E-state index is 5.40. The molecule has 0 saturated carbocycles. The molecule has 0 fully saturated rings. The molecule has 0 radical (unpaired) electrons. The number of fused-ring (bicyclic) bond motifs is 1. The molecule has 0 aliphatic carbocycles. The Labute approximate surface area is 154 Å². The summed E-state index contributed by atoms with van der Waals surface area (Å²) in [5.41, 5.74) is 3.25. The number of aromatic nitrogens is 1. The average molecular weight is 348 g/mol. The molecule has 3 rings (SSSR count). The van der Waals surface area contributed by atoms with Crippen LogP contribution in [0.3, 0.4) is 0 Å². The lowest BCUT2D eigenvalue weighted by Crippen LogP contribution is -2.36. The molecule has 26 heavy (non-hydrogen) atoms. The van der Waals surface area contributed by atoms with Crippen molar-refractivity contribution in [2.75, 3.05) is 13.7 Å². The highest BCUT2D eigenvalue weighted by Crippen LogP contribution is 2.18. The zero-order chi connectivity index (χ0) is 18.2. The number of methoxy groups -OCH3 is 1. The number of benzene rings is 2. The van der Waals surface area contributed by atoms with E-state index in [1.54, 1.807) is 7.11 Å². The monoisotopic (exact) mass is 348 g/mol. The number of pyridine rings is 1. The topological polar surface area (TPSA) is 58.5 Å². The number of para-hydroxylation sites is 2. The van der Waals surface area contributed by atoms with Crippen LogP contribution in [0.5, 0.6) is 5.75 Å². The lowest BCUT2D eigenvalue weighted by atomic mass is 10.1. The summed E-state index contributed by atoms with van der Waals surface area (Å²) in [6.45, 7) is 4.09. The molecule has 134 valence electrons. The van der Waals surface area contributed by atoms with E-state index in [0.717, 1.165) is 34.7 Å². The number of nitrogens with one attached hydrogen (secondary N) is 2. The Morgan fingerprint density at radius 3 is 2.65 bits per heavy atom. The second kappa shape index (κ2) is 8.85. The van der Waals surface area contributed by atoms with Gasteiger partial charge < -0.3 is 15.4 Å². The Kier molecular flexibility index (Phi) is 6.04. The van der Waals surface area contributed by atoms with E-state index in [0.29, 0.717) is 13.1 Å². The number of guanidine groups is 1. The summed E-state index contributed by atoms with van der Waals surface area (Å²) in [4.78, 5) is 9.10. The molecule has 2 N–H and O–H groups in total. The first kappa shape index (κ1) is 17.7. The highest BCUT2D eigenvalue weighted by atomic mass is 16.5. The minimum Gasteiger partial charge on any atom is -0.496 e. The van der Waals surface area contributed by atoms with Crippen molar-refractivity contribution in [1.82, 2.24) is 15.6 Å². The van der Waals surface area contributed by atoms with E-state index in [4.69, 9.17) is 4.74 Å². The average Bonchev–Trinajstić information content (AvgIpc) is 2.70. The lowest BCUT2D eigenvalue weighted by Gasteiger charge is -2.13. The third-order valence-electron chi connectivity index (χ3n) is 4.13. The largest absolute Gasteiger partial charge is 0.496 e. The van der Waals surface area contributed by atoms with Gasteiger partial charge in [0.05, 0.1) is 19.2 Å². The first-order valence-corrected chi connectivity index (χ1v) is 8.78. The molecule has 0 saturated heterocycles. The van der Waals surface area contributed by atoms with E-state index < -0.39 is 0 Å². The minimum atomic E-state index is 0.552. The van der Waals surface area contributed by atoms with Crippen LogP contribution < -0.4 is 15.4 Å². The van der Waals surface area contributed by atoms with Crippen molar-refractivity contribution in [2.24, 2.45) is 4.99 Å². The van der Waals surface area contributed by atoms with Crippen molar-refractivity contribution >= 4 is 16.9 Å². The molecule has 2 aromatic carbocycles. The molecule has 1 heterocycles. The van der Waals surface area contributed by atoms with Gasteiger partial charge in [-0.05, 0) is 30.7 Å². The van der Waals surface area contributed by atoms with Crippen molar-refractivity contribution < 1.29 is 4.74 Å². The summed E-state index contributed by atoms with van der Waals surface area (Å²) in [7, 11) is 1.68. The normalized spacial score (nSPS) is 11.4. The van der Waals surface area contributed by atoms with Crippen LogP contribution in [0.2, 0.25) is 0 Å². The predicted octanol–water partition coefficient (Wildman–Crippen LogP) is 3.50. The fourth-order valence-corrected chi connectivity index (χ4v) is 2.83. The number of hydrogen-bond acceptors (Lipinski definition) is 3. The maximum Gasteiger partial charge on any atom is 0.191 e. The van der Waals surface area contributed by atoms with Gasteiger partial charge in [-0.25, -0.2) is 4.99 Å². The molecule has 5 nitrogen and oxygen atoms in total. The van der Waals surface area contributed by atoms with E-state index in [2.05, 4.69) is 33.6 Å². The third-order valence-corrected chi connectivity index (χ3v) is 4.13. The molecule has 0 aliphatic heterocycles. The van der Waals surface area contributed by atoms with E-state index in [1.807, 2.05) is 54.7 Å². The van der Waals surface area contributed by atoms with E-state index in [-0.39, 0.29) is 0 Å². The van der Waals surface area contributed by atoms with Gasteiger partial charge in [-0.3, -0.25) is 4.98 Å². The lowest BCUT2D eigenvalue weighted by molar-refractivity contribution is 0.410. The molecular formula is C21H24N4O. The standard InChI is InChI=1S/C21H24N4O/c1-3-22-21(25-15-17-8-4-7-11-20(17)26-2)24-14-16-12-13-23-19-10-6-5-9-18(16)19/h4-13H,3,14-15H2,1-2H3,(H2,22,24,25). The summed E-state index contributed by atoms with van der Waals surface area (Å²) < 4.78 is 5.40. The van der Waals surface area contributed by atoms with Gasteiger partial charge in [-0.15, -0.1) is 0 Å². The van der Waals surface area contributed by atoms with Gasteiger partial charge in [-0.1, -0.05) is 36.4 Å². The van der Waals surface area contributed by atoms with Crippen LogP contribution >= 0.6 is 0 Å². The van der Waals surface area contributed by atoms with Gasteiger partial charge in [0.15, 0.2) is 5.96 Å². The quantitative estimate of drug-likeness (QED) is 0.529. The van der Waals surface area contributed by atoms with Crippen LogP contribution in [0.15, 0.2) is 65.8 Å². The number of aliphatic imine (C=N–C) groups is 1. The van der Waals surface area contributed by atoms with Gasteiger partial charge in [-0.2, -0.15) is 0 Å². The van der Waals surface area contributed by atoms with Crippen molar-refractivity contribution in [3.63, 3.8) is 0 Å². The van der Waals surface area contributed by atoms with Crippen molar-refractivity contribution in [2.45, 2.75) is 20.0 Å². The summed E-state index contributed by atoms with van der Waals surface area (Å²) in [5.74, 6) is 1.63. The first-order chi connectivity index (χ1) is 12.8. The van der Waals surface area contributed by atoms with E-state index in [1.165, 1.54) is 5.56 Å². The van der Waals surface area contributed by atoms with Gasteiger partial charge in [0.1, 0.15) is 5.75 Å². The Bertz CT molecular complexity index is 887. The van der Waals surface area contributed by atoms with E-state index >= 15 is 0 Å². The highest BCUT2D eigenvalue weighted by Gasteiger charge is 2.05. The van der Waals surface area contributed by atoms with Gasteiger partial charge >= 0.3 is 0 Å². The second-order valence-corrected chi connectivity index (χ2v) is 5.85. The van der Waals surface area contributed by atoms with Crippen LogP contribution in [0.25, 0.3) is 10.9 Å². The molecule has 0 atom stereocenters. The van der Waals surface area contributed by atoms with Gasteiger partial charge in [0.2, 0.25) is 0 Å². The highest BCUT2D eigenvalue weighted by molar-refractivity contribution is 5.83. The Morgan fingerprint density at radius 2 is 1.81 bits per heavy atom. The maximum absolute atomic E-state index is 5.40. The fraction of sp³-hybridized carbons (Fsp3) is 0.238. The molecular weight excluding hydrogens is 324 g/mol. The van der Waals surface area contributed by atoms with Crippen LogP contribution in [0.1, 0.15) is 18.1 Å². The molecule has 5 heteroatoms. The number of nitrogens with zero attached hydrogens (tertiary/aromatic N) is 2. The van der Waals surface area contributed by atoms with Crippen molar-refractivity contribution in [1.29, 1.82) is 0 Å². The zero-order valence-electron chi connectivity index (χ0n) is 15.2. The Balaban J connectivity index is 1.74. The number of ether oxygens (including phenoxy) is 1. The molecule has 0 bridgehead atoms. The summed E-state index contributed by atoms with van der Waals surface area (Å²) in [5, 5.41) is 7.85. The van der Waals surface area contributed by atoms with E-state index in [9.17, 15) is 0 Å². The smallest absolute Gasteiger partial charge is 0.191 e. The van der Waals surface area contributed by atoms with Crippen LogP contribution in [0, 0.1) is 0 Å². The first-order valence-electron chi connectivity index (χ1n) is 8.78. The van der Waals surface area contributed by atoms with Crippen molar-refractivity contribution in [3.05, 3.63) is 71.9 Å². The molecule has 0 spiro atoms. The molecule has 0 aliphatic rings. The van der Waals surface area contributed by atoms with Crippen LogP contribution in [-0.2, 0) is 13.1 Å². The van der Waals surface area contributed by atoms with Crippen LogP contribution in [-0.4, -0.2) is 24.6 Å². The molecule has 0 unspecified atom stereocenters. The molecule has 3 aromatic rings. The summed E-state index contributed by atoms with van der Waals surface area (Å²) in [6.07, 6.45) is 1.85. The Hall–Kier alpha value is -3.08. The predicted molar refractivity (Wildman–Crippen MR) is 106 cm³/mol. The number of hydrogen-bond donors (Lipinski definition) is 2. The second-order valence-electron chi connectivity index (χ2n) is 5.85. The molecule has 1 aromatic heterocycles. The van der Waals surface area contributed by atoms with Gasteiger partial charge in [0, 0.05) is 30.2 Å².